The average Bonchev–Trinajstić information content (AvgIpc) is 2.39. The fourth-order valence-electron chi connectivity index (χ4n) is 1.63. The van der Waals surface area contributed by atoms with Gasteiger partial charge in [0.25, 0.3) is 0 Å². The minimum atomic E-state index is -0.416. The van der Waals surface area contributed by atoms with E-state index in [1.165, 1.54) is 0 Å². The Labute approximate surface area is 107 Å². The number of rotatable bonds is 8. The molecule has 0 unspecified atom stereocenters. The van der Waals surface area contributed by atoms with Crippen LogP contribution in [0.3, 0.4) is 0 Å². The van der Waals surface area contributed by atoms with Gasteiger partial charge in [0.1, 0.15) is 6.29 Å². The lowest BCUT2D eigenvalue weighted by Crippen LogP contribution is -2.37. The van der Waals surface area contributed by atoms with Gasteiger partial charge in [0.15, 0.2) is 0 Å². The maximum absolute atomic E-state index is 11.7. The summed E-state index contributed by atoms with van der Waals surface area (Å²) in [7, 11) is 0. The molecule has 1 amide bonds. The minimum Gasteiger partial charge on any atom is -0.346 e. The zero-order valence-corrected chi connectivity index (χ0v) is 10.3. The minimum absolute atomic E-state index is 0.159. The third-order valence-electron chi connectivity index (χ3n) is 2.57. The van der Waals surface area contributed by atoms with E-state index >= 15 is 0 Å². The van der Waals surface area contributed by atoms with Gasteiger partial charge in [-0.25, -0.2) is 0 Å². The second-order valence-corrected chi connectivity index (χ2v) is 4.13. The van der Waals surface area contributed by atoms with Crippen molar-refractivity contribution in [1.82, 2.24) is 10.3 Å². The van der Waals surface area contributed by atoms with Gasteiger partial charge in [-0.05, 0) is 37.4 Å². The number of hydrogen-bond acceptors (Lipinski definition) is 4. The third-order valence-corrected chi connectivity index (χ3v) is 2.57. The van der Waals surface area contributed by atoms with Crippen LogP contribution in [0.4, 0.5) is 0 Å². The van der Waals surface area contributed by atoms with Crippen molar-refractivity contribution in [3.8, 4) is 0 Å². The first-order chi connectivity index (χ1) is 8.76. The Bertz CT molecular complexity index is 368. The molecule has 1 heterocycles. The number of aromatic nitrogens is 1. The van der Waals surface area contributed by atoms with Crippen LogP contribution in [-0.2, 0) is 16.0 Å². The second-order valence-electron chi connectivity index (χ2n) is 4.13. The molecule has 0 saturated carbocycles. The zero-order chi connectivity index (χ0) is 13.2. The van der Waals surface area contributed by atoms with Crippen LogP contribution >= 0.6 is 0 Å². The molecule has 98 valence electrons. The van der Waals surface area contributed by atoms with Crippen molar-refractivity contribution in [3.63, 3.8) is 0 Å². The first-order valence-electron chi connectivity index (χ1n) is 6.10. The molecule has 18 heavy (non-hydrogen) atoms. The monoisotopic (exact) mass is 249 g/mol. The fraction of sp³-hybridized carbons (Fsp3) is 0.462. The van der Waals surface area contributed by atoms with Gasteiger partial charge in [-0.15, -0.1) is 0 Å². The molecule has 5 nitrogen and oxygen atoms in total. The first kappa shape index (κ1) is 14.3. The highest BCUT2D eigenvalue weighted by Crippen LogP contribution is 2.00. The van der Waals surface area contributed by atoms with Crippen LogP contribution in [0.15, 0.2) is 24.5 Å². The van der Waals surface area contributed by atoms with Crippen LogP contribution in [0.2, 0.25) is 0 Å². The summed E-state index contributed by atoms with van der Waals surface area (Å²) >= 11 is 0. The van der Waals surface area contributed by atoms with Crippen molar-refractivity contribution in [3.05, 3.63) is 30.1 Å². The Balaban J connectivity index is 2.35. The average molecular weight is 249 g/mol. The summed E-state index contributed by atoms with van der Waals surface area (Å²) in [4.78, 5) is 26.5. The van der Waals surface area contributed by atoms with Crippen molar-refractivity contribution >= 4 is 12.2 Å². The van der Waals surface area contributed by atoms with Gasteiger partial charge in [-0.2, -0.15) is 0 Å². The lowest BCUT2D eigenvalue weighted by atomic mass is 10.1. The summed E-state index contributed by atoms with van der Waals surface area (Å²) in [6.07, 6.45) is 6.66. The number of unbranched alkanes of at least 4 members (excludes halogenated alkanes) is 1. The molecule has 1 aromatic rings. The number of carbonyl (C=O) groups is 2. The van der Waals surface area contributed by atoms with Crippen LogP contribution in [0.1, 0.15) is 24.8 Å². The zero-order valence-electron chi connectivity index (χ0n) is 10.3. The molecule has 0 aliphatic rings. The number of pyridine rings is 1. The van der Waals surface area contributed by atoms with Crippen LogP contribution in [0, 0.1) is 0 Å². The number of hydrogen-bond donors (Lipinski definition) is 2. The van der Waals surface area contributed by atoms with Gasteiger partial charge in [-0.1, -0.05) is 6.07 Å². The Morgan fingerprint density at radius 1 is 1.50 bits per heavy atom. The molecular weight excluding hydrogens is 230 g/mol. The predicted molar refractivity (Wildman–Crippen MR) is 68.8 cm³/mol. The maximum Gasteiger partial charge on any atom is 0.225 e. The normalized spacial score (nSPS) is 11.8. The van der Waals surface area contributed by atoms with Crippen molar-refractivity contribution in [1.29, 1.82) is 0 Å². The van der Waals surface area contributed by atoms with Crippen molar-refractivity contribution in [2.24, 2.45) is 5.73 Å². The number of aldehydes is 1. The van der Waals surface area contributed by atoms with Crippen LogP contribution in [0.5, 0.6) is 0 Å². The third kappa shape index (κ3) is 5.54. The number of nitrogens with zero attached hydrogens (tertiary/aromatic N) is 1. The van der Waals surface area contributed by atoms with Crippen LogP contribution in [-0.4, -0.2) is 29.8 Å². The van der Waals surface area contributed by atoms with E-state index < -0.39 is 6.04 Å². The predicted octanol–water partition coefficient (Wildman–Crippen LogP) is 0.437. The topological polar surface area (TPSA) is 85.1 Å². The summed E-state index contributed by atoms with van der Waals surface area (Å²) in [5, 5.41) is 2.70. The first-order valence-corrected chi connectivity index (χ1v) is 6.10. The molecule has 0 radical (unpaired) electrons. The summed E-state index contributed by atoms with van der Waals surface area (Å²) < 4.78 is 0. The van der Waals surface area contributed by atoms with Gasteiger partial charge < -0.3 is 15.8 Å². The van der Waals surface area contributed by atoms with Gasteiger partial charge in [-0.3, -0.25) is 9.78 Å². The highest BCUT2D eigenvalue weighted by atomic mass is 16.2. The number of carbonyl (C=O) groups excluding carboxylic acids is 2. The molecule has 0 aromatic carbocycles. The molecule has 0 bridgehead atoms. The quantitative estimate of drug-likeness (QED) is 0.517. The second kappa shape index (κ2) is 8.36. The molecule has 0 aliphatic heterocycles. The molecule has 0 fully saturated rings. The highest BCUT2D eigenvalue weighted by molar-refractivity contribution is 5.81. The summed E-state index contributed by atoms with van der Waals surface area (Å²) in [6.45, 7) is 0.606. The Morgan fingerprint density at radius 2 is 2.33 bits per heavy atom. The van der Waals surface area contributed by atoms with E-state index in [-0.39, 0.29) is 12.3 Å². The summed E-state index contributed by atoms with van der Waals surface area (Å²) in [6, 6.07) is 3.19. The lowest BCUT2D eigenvalue weighted by Gasteiger charge is -2.12. The molecule has 1 aromatic heterocycles. The van der Waals surface area contributed by atoms with Gasteiger partial charge >= 0.3 is 0 Å². The van der Waals surface area contributed by atoms with Crippen LogP contribution in [0.25, 0.3) is 0 Å². The standard InChI is InChI=1S/C13H19N3O2/c14-6-2-1-5-12(10-17)16-13(18)8-11-4-3-7-15-9-11/h3-4,7,9-10,12H,1-2,5-6,8,14H2,(H,16,18)/t12-/m1/s1. The molecule has 1 atom stereocenters. The lowest BCUT2D eigenvalue weighted by molar-refractivity contribution is -0.123. The number of nitrogens with two attached hydrogens (primary N) is 1. The molecular formula is C13H19N3O2. The van der Waals surface area contributed by atoms with E-state index in [4.69, 9.17) is 5.73 Å². The van der Waals surface area contributed by atoms with Gasteiger partial charge in [0.05, 0.1) is 12.5 Å². The van der Waals surface area contributed by atoms with E-state index in [0.717, 1.165) is 24.7 Å². The van der Waals surface area contributed by atoms with E-state index in [0.29, 0.717) is 13.0 Å². The molecule has 1 rings (SSSR count). The smallest absolute Gasteiger partial charge is 0.225 e. The molecule has 5 heteroatoms. The van der Waals surface area contributed by atoms with E-state index in [1.54, 1.807) is 18.5 Å². The molecule has 3 N–H and O–H groups in total. The Hall–Kier alpha value is -1.75. The molecule has 0 saturated heterocycles. The maximum atomic E-state index is 11.7. The van der Waals surface area contributed by atoms with Crippen LogP contribution < -0.4 is 11.1 Å². The van der Waals surface area contributed by atoms with E-state index in [1.807, 2.05) is 6.07 Å². The number of amides is 1. The largest absolute Gasteiger partial charge is 0.346 e. The molecule has 0 spiro atoms. The summed E-state index contributed by atoms with van der Waals surface area (Å²) in [5.41, 5.74) is 6.21. The summed E-state index contributed by atoms with van der Waals surface area (Å²) in [5.74, 6) is -0.159. The SMILES string of the molecule is NCCCC[C@H](C=O)NC(=O)Cc1cccnc1. The molecule has 0 aliphatic carbocycles. The van der Waals surface area contributed by atoms with Crippen molar-refractivity contribution in [2.45, 2.75) is 31.7 Å². The fourth-order valence-corrected chi connectivity index (χ4v) is 1.63. The van der Waals surface area contributed by atoms with Gasteiger partial charge in [0, 0.05) is 12.4 Å². The highest BCUT2D eigenvalue weighted by Gasteiger charge is 2.11. The van der Waals surface area contributed by atoms with Crippen molar-refractivity contribution < 1.29 is 9.59 Å². The number of nitrogens with one attached hydrogen (secondary N) is 1. The Kier molecular flexibility index (Phi) is 6.64. The van der Waals surface area contributed by atoms with E-state index in [2.05, 4.69) is 10.3 Å². The van der Waals surface area contributed by atoms with E-state index in [9.17, 15) is 9.59 Å². The van der Waals surface area contributed by atoms with Crippen molar-refractivity contribution in [2.75, 3.05) is 6.54 Å². The Morgan fingerprint density at radius 3 is 2.94 bits per heavy atom. The van der Waals surface area contributed by atoms with Gasteiger partial charge in [0.2, 0.25) is 5.91 Å².